The Morgan fingerprint density at radius 3 is 3.05 bits per heavy atom. The van der Waals surface area contributed by atoms with E-state index in [4.69, 9.17) is 4.74 Å². The van der Waals surface area contributed by atoms with E-state index in [0.29, 0.717) is 19.6 Å². The van der Waals surface area contributed by atoms with Gasteiger partial charge in [-0.05, 0) is 30.5 Å². The van der Waals surface area contributed by atoms with Gasteiger partial charge in [-0.2, -0.15) is 0 Å². The molecule has 0 aromatic heterocycles. The molecule has 1 aliphatic rings. The first-order valence-corrected chi connectivity index (χ1v) is 6.47. The van der Waals surface area contributed by atoms with E-state index in [1.54, 1.807) is 6.92 Å². The molecule has 0 atom stereocenters. The van der Waals surface area contributed by atoms with Gasteiger partial charge in [0.15, 0.2) is 0 Å². The van der Waals surface area contributed by atoms with Gasteiger partial charge in [0.1, 0.15) is 0 Å². The van der Waals surface area contributed by atoms with Gasteiger partial charge in [-0.1, -0.05) is 12.1 Å². The van der Waals surface area contributed by atoms with E-state index in [-0.39, 0.29) is 18.4 Å². The Bertz CT molecular complexity index is 486. The first-order valence-electron chi connectivity index (χ1n) is 6.47. The van der Waals surface area contributed by atoms with Crippen LogP contribution in [-0.4, -0.2) is 25.0 Å². The van der Waals surface area contributed by atoms with Gasteiger partial charge in [0.25, 0.3) is 0 Å². The predicted molar refractivity (Wildman–Crippen MR) is 71.7 cm³/mol. The van der Waals surface area contributed by atoms with Crippen LogP contribution < -0.4 is 10.6 Å². The largest absolute Gasteiger partial charge is 0.465 e. The van der Waals surface area contributed by atoms with Gasteiger partial charge in [0, 0.05) is 18.7 Å². The number of aryl methyl sites for hydroxylation is 1. The van der Waals surface area contributed by atoms with Crippen molar-refractivity contribution < 1.29 is 14.3 Å². The number of anilines is 1. The number of hydrogen-bond acceptors (Lipinski definition) is 4. The Morgan fingerprint density at radius 1 is 1.42 bits per heavy atom. The Hall–Kier alpha value is -1.88. The summed E-state index contributed by atoms with van der Waals surface area (Å²) in [5, 5.41) is 5.88. The average Bonchev–Trinajstić information content (AvgIpc) is 2.39. The molecule has 1 heterocycles. The van der Waals surface area contributed by atoms with Crippen LogP contribution in [0.2, 0.25) is 0 Å². The quantitative estimate of drug-likeness (QED) is 0.783. The standard InChI is InChI=1S/C14H18N2O3/c1-2-19-14(18)9-15-8-10-3-5-12-11(7-10)4-6-13(17)16-12/h3,5,7,15H,2,4,6,8-9H2,1H3,(H,16,17). The highest BCUT2D eigenvalue weighted by atomic mass is 16.5. The predicted octanol–water partition coefficient (Wildman–Crippen LogP) is 1.22. The second-order valence-corrected chi connectivity index (χ2v) is 4.45. The van der Waals surface area contributed by atoms with Gasteiger partial charge in [-0.15, -0.1) is 0 Å². The summed E-state index contributed by atoms with van der Waals surface area (Å²) in [6, 6.07) is 5.92. The van der Waals surface area contributed by atoms with Crippen LogP contribution in [0.3, 0.4) is 0 Å². The fourth-order valence-electron chi connectivity index (χ4n) is 2.07. The SMILES string of the molecule is CCOC(=O)CNCc1ccc2c(c1)CCC(=O)N2. The van der Waals surface area contributed by atoms with Crippen LogP contribution in [0.25, 0.3) is 0 Å². The summed E-state index contributed by atoms with van der Waals surface area (Å²) < 4.78 is 4.83. The maximum atomic E-state index is 11.2. The lowest BCUT2D eigenvalue weighted by Crippen LogP contribution is -2.24. The molecule has 1 aromatic carbocycles. The summed E-state index contributed by atoms with van der Waals surface area (Å²) in [7, 11) is 0. The number of hydrogen-bond donors (Lipinski definition) is 2. The van der Waals surface area contributed by atoms with Crippen LogP contribution >= 0.6 is 0 Å². The first-order chi connectivity index (χ1) is 9.19. The van der Waals surface area contributed by atoms with Crippen molar-refractivity contribution in [3.63, 3.8) is 0 Å². The monoisotopic (exact) mass is 262 g/mol. The molecule has 0 fully saturated rings. The summed E-state index contributed by atoms with van der Waals surface area (Å²) in [6.45, 7) is 3.01. The van der Waals surface area contributed by atoms with Crippen LogP contribution in [-0.2, 0) is 27.3 Å². The van der Waals surface area contributed by atoms with Crippen molar-refractivity contribution in [2.45, 2.75) is 26.3 Å². The molecule has 5 nitrogen and oxygen atoms in total. The summed E-state index contributed by atoms with van der Waals surface area (Å²) in [5.41, 5.74) is 3.14. The van der Waals surface area contributed by atoms with Crippen LogP contribution in [0.5, 0.6) is 0 Å². The molecule has 1 aromatic rings. The summed E-state index contributed by atoms with van der Waals surface area (Å²) in [6.07, 6.45) is 1.31. The molecule has 102 valence electrons. The molecule has 1 aliphatic heterocycles. The van der Waals surface area contributed by atoms with Crippen molar-refractivity contribution in [1.29, 1.82) is 0 Å². The molecule has 0 aliphatic carbocycles. The highest BCUT2D eigenvalue weighted by Crippen LogP contribution is 2.23. The van der Waals surface area contributed by atoms with Gasteiger partial charge in [-0.25, -0.2) is 0 Å². The number of benzene rings is 1. The number of nitrogens with one attached hydrogen (secondary N) is 2. The molecule has 2 rings (SSSR count). The fourth-order valence-corrected chi connectivity index (χ4v) is 2.07. The van der Waals surface area contributed by atoms with E-state index < -0.39 is 0 Å². The van der Waals surface area contributed by atoms with Crippen molar-refractivity contribution in [1.82, 2.24) is 5.32 Å². The third-order valence-corrected chi connectivity index (χ3v) is 2.97. The van der Waals surface area contributed by atoms with Crippen molar-refractivity contribution in [2.75, 3.05) is 18.5 Å². The van der Waals surface area contributed by atoms with E-state index in [2.05, 4.69) is 16.7 Å². The van der Waals surface area contributed by atoms with E-state index in [0.717, 1.165) is 23.2 Å². The Kier molecular flexibility index (Phi) is 4.52. The second-order valence-electron chi connectivity index (χ2n) is 4.45. The minimum atomic E-state index is -0.243. The molecule has 2 N–H and O–H groups in total. The zero-order valence-electron chi connectivity index (χ0n) is 11.0. The second kappa shape index (κ2) is 6.33. The number of carbonyl (C=O) groups is 2. The molecule has 0 saturated carbocycles. The number of carbonyl (C=O) groups excluding carboxylic acids is 2. The van der Waals surface area contributed by atoms with Gasteiger partial charge < -0.3 is 15.4 Å². The fraction of sp³-hybridized carbons (Fsp3) is 0.429. The summed E-state index contributed by atoms with van der Waals surface area (Å²) in [5.74, 6) is -0.173. The molecule has 0 bridgehead atoms. The Labute approximate surface area is 112 Å². The van der Waals surface area contributed by atoms with Gasteiger partial charge in [-0.3, -0.25) is 9.59 Å². The normalized spacial score (nSPS) is 13.6. The number of amides is 1. The van der Waals surface area contributed by atoms with E-state index in [1.165, 1.54) is 0 Å². The molecule has 0 radical (unpaired) electrons. The smallest absolute Gasteiger partial charge is 0.319 e. The zero-order valence-corrected chi connectivity index (χ0v) is 11.0. The average molecular weight is 262 g/mol. The molecule has 1 amide bonds. The number of fused-ring (bicyclic) bond motifs is 1. The van der Waals surface area contributed by atoms with Crippen molar-refractivity contribution in [2.24, 2.45) is 0 Å². The topological polar surface area (TPSA) is 67.4 Å². The van der Waals surface area contributed by atoms with Crippen LogP contribution in [0.4, 0.5) is 5.69 Å². The minimum absolute atomic E-state index is 0.0701. The van der Waals surface area contributed by atoms with E-state index in [9.17, 15) is 9.59 Å². The van der Waals surface area contributed by atoms with Gasteiger partial charge in [0.2, 0.25) is 5.91 Å². The highest BCUT2D eigenvalue weighted by molar-refractivity contribution is 5.93. The molecular weight excluding hydrogens is 244 g/mol. The molecule has 0 spiro atoms. The van der Waals surface area contributed by atoms with E-state index in [1.807, 2.05) is 12.1 Å². The van der Waals surface area contributed by atoms with Gasteiger partial charge >= 0.3 is 5.97 Å². The zero-order chi connectivity index (χ0) is 13.7. The summed E-state index contributed by atoms with van der Waals surface area (Å²) >= 11 is 0. The number of rotatable bonds is 5. The van der Waals surface area contributed by atoms with Crippen molar-refractivity contribution >= 4 is 17.6 Å². The lowest BCUT2D eigenvalue weighted by Gasteiger charge is -2.17. The molecule has 19 heavy (non-hydrogen) atoms. The third kappa shape index (κ3) is 3.79. The summed E-state index contributed by atoms with van der Waals surface area (Å²) in [4.78, 5) is 22.4. The number of ether oxygens (including phenoxy) is 1. The molecule has 0 unspecified atom stereocenters. The van der Waals surface area contributed by atoms with Gasteiger partial charge in [0.05, 0.1) is 13.2 Å². The lowest BCUT2D eigenvalue weighted by molar-refractivity contribution is -0.142. The minimum Gasteiger partial charge on any atom is -0.465 e. The number of esters is 1. The lowest BCUT2D eigenvalue weighted by atomic mass is 10.0. The van der Waals surface area contributed by atoms with Crippen LogP contribution in [0.15, 0.2) is 18.2 Å². The molecule has 0 saturated heterocycles. The molecule has 5 heteroatoms. The van der Waals surface area contributed by atoms with Crippen molar-refractivity contribution in [3.05, 3.63) is 29.3 Å². The van der Waals surface area contributed by atoms with Crippen LogP contribution in [0.1, 0.15) is 24.5 Å². The third-order valence-electron chi connectivity index (χ3n) is 2.97. The van der Waals surface area contributed by atoms with E-state index >= 15 is 0 Å². The first kappa shape index (κ1) is 13.5. The van der Waals surface area contributed by atoms with Crippen molar-refractivity contribution in [3.8, 4) is 0 Å². The maximum Gasteiger partial charge on any atom is 0.319 e. The Morgan fingerprint density at radius 2 is 2.26 bits per heavy atom. The van der Waals surface area contributed by atoms with Crippen LogP contribution in [0, 0.1) is 0 Å². The molecular formula is C14H18N2O3. The Balaban J connectivity index is 1.88. The highest BCUT2D eigenvalue weighted by Gasteiger charge is 2.14. The maximum absolute atomic E-state index is 11.2.